The van der Waals surface area contributed by atoms with Gasteiger partial charge in [0.25, 0.3) is 11.5 Å². The second-order valence-electron chi connectivity index (χ2n) is 6.42. The molecule has 1 amide bonds. The minimum absolute atomic E-state index is 0.138. The molecule has 26 heavy (non-hydrogen) atoms. The summed E-state index contributed by atoms with van der Waals surface area (Å²) in [6.07, 6.45) is 1.73. The Morgan fingerprint density at radius 1 is 1.15 bits per heavy atom. The van der Waals surface area contributed by atoms with Gasteiger partial charge in [-0.05, 0) is 38.0 Å². The maximum atomic E-state index is 13.0. The number of aromatic nitrogens is 3. The minimum Gasteiger partial charge on any atom is -0.308 e. The number of benzene rings is 1. The molecule has 0 saturated heterocycles. The van der Waals surface area contributed by atoms with Crippen molar-refractivity contribution in [2.75, 3.05) is 5.32 Å². The molecule has 1 N–H and O–H groups in total. The number of rotatable bonds is 4. The molecule has 3 aromatic rings. The second kappa shape index (κ2) is 7.00. The fourth-order valence-corrected chi connectivity index (χ4v) is 2.91. The van der Waals surface area contributed by atoms with E-state index in [1.807, 2.05) is 44.2 Å². The van der Waals surface area contributed by atoms with Crippen molar-refractivity contribution < 1.29 is 4.79 Å². The number of aryl methyl sites for hydroxylation is 3. The fourth-order valence-electron chi connectivity index (χ4n) is 2.91. The van der Waals surface area contributed by atoms with Gasteiger partial charge >= 0.3 is 0 Å². The van der Waals surface area contributed by atoms with E-state index in [1.54, 1.807) is 41.5 Å². The predicted molar refractivity (Wildman–Crippen MR) is 102 cm³/mol. The monoisotopic (exact) mass is 350 g/mol. The smallest absolute Gasteiger partial charge is 0.264 e. The van der Waals surface area contributed by atoms with Crippen molar-refractivity contribution in [3.05, 3.63) is 81.4 Å². The molecule has 0 spiro atoms. The largest absolute Gasteiger partial charge is 0.308 e. The first-order valence-corrected chi connectivity index (χ1v) is 8.47. The number of carbonyl (C=O) groups is 1. The SMILES string of the molecule is Cc1ccn(C(C)c2ccccc2)c(=O)c1C(=O)Nc1cc(C)n(C)n1. The van der Waals surface area contributed by atoms with E-state index in [0.29, 0.717) is 11.4 Å². The first kappa shape index (κ1) is 17.7. The van der Waals surface area contributed by atoms with E-state index in [2.05, 4.69) is 10.4 Å². The van der Waals surface area contributed by atoms with Crippen molar-refractivity contribution >= 4 is 11.7 Å². The number of nitrogens with one attached hydrogen (secondary N) is 1. The van der Waals surface area contributed by atoms with Gasteiger partial charge in [-0.1, -0.05) is 30.3 Å². The van der Waals surface area contributed by atoms with Crippen LogP contribution in [0, 0.1) is 13.8 Å². The average molecular weight is 350 g/mol. The molecular formula is C20H22N4O2. The molecule has 0 radical (unpaired) electrons. The third kappa shape index (κ3) is 3.31. The molecule has 3 rings (SSSR count). The van der Waals surface area contributed by atoms with E-state index >= 15 is 0 Å². The summed E-state index contributed by atoms with van der Waals surface area (Å²) in [7, 11) is 1.80. The van der Waals surface area contributed by atoms with Gasteiger partial charge in [-0.2, -0.15) is 5.10 Å². The van der Waals surface area contributed by atoms with Gasteiger partial charge in [0, 0.05) is 25.0 Å². The number of pyridine rings is 1. The Hall–Kier alpha value is -3.15. The zero-order chi connectivity index (χ0) is 18.8. The maximum Gasteiger partial charge on any atom is 0.264 e. The molecule has 1 unspecified atom stereocenters. The lowest BCUT2D eigenvalue weighted by molar-refractivity contribution is 0.102. The molecule has 0 saturated carbocycles. The highest BCUT2D eigenvalue weighted by Crippen LogP contribution is 2.17. The van der Waals surface area contributed by atoms with Crippen LogP contribution in [0.5, 0.6) is 0 Å². The highest BCUT2D eigenvalue weighted by atomic mass is 16.2. The fraction of sp³-hybridized carbons (Fsp3) is 0.250. The molecule has 0 aliphatic rings. The van der Waals surface area contributed by atoms with Crippen LogP contribution < -0.4 is 10.9 Å². The van der Waals surface area contributed by atoms with Gasteiger partial charge in [-0.25, -0.2) is 0 Å². The van der Waals surface area contributed by atoms with Crippen LogP contribution in [-0.2, 0) is 7.05 Å². The second-order valence-corrected chi connectivity index (χ2v) is 6.42. The Balaban J connectivity index is 1.97. The van der Waals surface area contributed by atoms with Gasteiger partial charge in [-0.15, -0.1) is 0 Å². The molecule has 0 bridgehead atoms. The number of anilines is 1. The quantitative estimate of drug-likeness (QED) is 0.786. The van der Waals surface area contributed by atoms with Crippen molar-refractivity contribution in [1.29, 1.82) is 0 Å². The number of hydrogen-bond donors (Lipinski definition) is 1. The van der Waals surface area contributed by atoms with Crippen LogP contribution in [0.1, 0.15) is 40.1 Å². The zero-order valence-corrected chi connectivity index (χ0v) is 15.4. The van der Waals surface area contributed by atoms with Crippen molar-refractivity contribution in [1.82, 2.24) is 14.3 Å². The molecule has 6 heteroatoms. The molecule has 0 aliphatic carbocycles. The van der Waals surface area contributed by atoms with Crippen LogP contribution in [0.25, 0.3) is 0 Å². The minimum atomic E-state index is -0.444. The summed E-state index contributed by atoms with van der Waals surface area (Å²) in [6.45, 7) is 5.60. The van der Waals surface area contributed by atoms with E-state index < -0.39 is 5.91 Å². The number of nitrogens with zero attached hydrogens (tertiary/aromatic N) is 3. The zero-order valence-electron chi connectivity index (χ0n) is 15.4. The lowest BCUT2D eigenvalue weighted by Gasteiger charge is -2.17. The van der Waals surface area contributed by atoms with E-state index in [-0.39, 0.29) is 17.2 Å². The third-order valence-electron chi connectivity index (χ3n) is 4.61. The van der Waals surface area contributed by atoms with Gasteiger partial charge in [0.15, 0.2) is 5.82 Å². The molecule has 6 nitrogen and oxygen atoms in total. The van der Waals surface area contributed by atoms with Crippen molar-refractivity contribution in [3.8, 4) is 0 Å². The molecule has 2 aromatic heterocycles. The summed E-state index contributed by atoms with van der Waals surface area (Å²) in [5, 5.41) is 6.94. The Morgan fingerprint density at radius 2 is 1.85 bits per heavy atom. The number of hydrogen-bond acceptors (Lipinski definition) is 3. The van der Waals surface area contributed by atoms with Crippen LogP contribution in [0.3, 0.4) is 0 Å². The van der Waals surface area contributed by atoms with Gasteiger partial charge in [0.1, 0.15) is 5.56 Å². The molecule has 0 fully saturated rings. The summed E-state index contributed by atoms with van der Waals surface area (Å²) in [6, 6.07) is 13.1. The first-order valence-electron chi connectivity index (χ1n) is 8.47. The topological polar surface area (TPSA) is 68.9 Å². The van der Waals surface area contributed by atoms with Gasteiger partial charge in [-0.3, -0.25) is 14.3 Å². The Morgan fingerprint density at radius 3 is 2.46 bits per heavy atom. The van der Waals surface area contributed by atoms with Crippen LogP contribution in [0.2, 0.25) is 0 Å². The average Bonchev–Trinajstić information content (AvgIpc) is 2.92. The Labute approximate surface area is 152 Å². The van der Waals surface area contributed by atoms with Crippen LogP contribution in [0.15, 0.2) is 53.5 Å². The normalized spacial score (nSPS) is 12.0. The summed E-state index contributed by atoms with van der Waals surface area (Å²) < 4.78 is 3.25. The molecule has 1 aromatic carbocycles. The standard InChI is InChI=1S/C20H22N4O2/c1-13-10-11-24(15(3)16-8-6-5-7-9-16)20(26)18(13)19(25)21-17-12-14(2)23(4)22-17/h5-12,15H,1-4H3,(H,21,22,25). The predicted octanol–water partition coefficient (Wildman–Crippen LogP) is 3.06. The highest BCUT2D eigenvalue weighted by Gasteiger charge is 2.19. The van der Waals surface area contributed by atoms with E-state index in [1.165, 1.54) is 0 Å². The Kier molecular flexibility index (Phi) is 4.75. The van der Waals surface area contributed by atoms with Crippen LogP contribution in [-0.4, -0.2) is 20.3 Å². The third-order valence-corrected chi connectivity index (χ3v) is 4.61. The maximum absolute atomic E-state index is 13.0. The molecular weight excluding hydrogens is 328 g/mol. The van der Waals surface area contributed by atoms with Crippen molar-refractivity contribution in [2.45, 2.75) is 26.8 Å². The molecule has 134 valence electrons. The first-order chi connectivity index (χ1) is 12.4. The van der Waals surface area contributed by atoms with Gasteiger partial charge < -0.3 is 9.88 Å². The number of carbonyl (C=O) groups excluding carboxylic acids is 1. The summed E-state index contributed by atoms with van der Waals surface area (Å²) >= 11 is 0. The van der Waals surface area contributed by atoms with E-state index in [0.717, 1.165) is 11.3 Å². The van der Waals surface area contributed by atoms with Gasteiger partial charge in [0.2, 0.25) is 0 Å². The summed E-state index contributed by atoms with van der Waals surface area (Å²) in [5.74, 6) is -0.0134. The highest BCUT2D eigenvalue weighted by molar-refractivity contribution is 6.04. The summed E-state index contributed by atoms with van der Waals surface area (Å²) in [4.78, 5) is 25.7. The molecule has 1 atom stereocenters. The Bertz CT molecular complexity index is 983. The van der Waals surface area contributed by atoms with Gasteiger partial charge in [0.05, 0.1) is 6.04 Å². The summed E-state index contributed by atoms with van der Waals surface area (Å²) in [5.41, 5.74) is 2.38. The molecule has 2 heterocycles. The lowest BCUT2D eigenvalue weighted by Crippen LogP contribution is -2.32. The van der Waals surface area contributed by atoms with E-state index in [4.69, 9.17) is 0 Å². The molecule has 0 aliphatic heterocycles. The van der Waals surface area contributed by atoms with Crippen LogP contribution >= 0.6 is 0 Å². The van der Waals surface area contributed by atoms with Crippen molar-refractivity contribution in [3.63, 3.8) is 0 Å². The van der Waals surface area contributed by atoms with Crippen LogP contribution in [0.4, 0.5) is 5.82 Å². The number of amides is 1. The van der Waals surface area contributed by atoms with E-state index in [9.17, 15) is 9.59 Å². The van der Waals surface area contributed by atoms with Crippen molar-refractivity contribution in [2.24, 2.45) is 7.05 Å². The lowest BCUT2D eigenvalue weighted by atomic mass is 10.1.